The molecular weight excluding hydrogens is 520 g/mol. The molecule has 1 heterocycles. The number of rotatable bonds is 9. The van der Waals surface area contributed by atoms with Crippen molar-refractivity contribution in [2.45, 2.75) is 18.2 Å². The Morgan fingerprint density at radius 1 is 0.973 bits per heavy atom. The predicted molar refractivity (Wildman–Crippen MR) is 140 cm³/mol. The minimum absolute atomic E-state index is 0.0408. The Hall–Kier alpha value is -3.63. The molecule has 3 aromatic carbocycles. The van der Waals surface area contributed by atoms with Gasteiger partial charge in [-0.3, -0.25) is 9.52 Å². The fraction of sp³-hybridized carbons (Fsp3) is 0.269. The van der Waals surface area contributed by atoms with E-state index in [1.165, 1.54) is 32.4 Å². The zero-order valence-corrected chi connectivity index (χ0v) is 22.2. The van der Waals surface area contributed by atoms with Crippen LogP contribution in [0.25, 0.3) is 0 Å². The number of anilines is 1. The molecule has 0 aliphatic carbocycles. The second-order valence-electron chi connectivity index (χ2n) is 8.26. The number of fused-ring (bicyclic) bond motifs is 1. The first-order valence-electron chi connectivity index (χ1n) is 11.4. The molecule has 0 spiro atoms. The number of hydrogen-bond acceptors (Lipinski definition) is 7. The number of aryl methyl sites for hydroxylation is 1. The molecular formula is C26H27ClN2O7S. The lowest BCUT2D eigenvalue weighted by Gasteiger charge is -2.19. The molecule has 0 saturated carbocycles. The topological polar surface area (TPSA) is 112 Å². The van der Waals surface area contributed by atoms with Gasteiger partial charge in [0.05, 0.1) is 29.8 Å². The molecule has 0 fully saturated rings. The second-order valence-corrected chi connectivity index (χ2v) is 10.3. The van der Waals surface area contributed by atoms with Crippen LogP contribution < -0.4 is 29.0 Å². The van der Waals surface area contributed by atoms with Crippen LogP contribution in [0.2, 0.25) is 5.02 Å². The van der Waals surface area contributed by atoms with Crippen molar-refractivity contribution in [3.8, 4) is 23.0 Å². The number of carbonyl (C=O) groups is 1. The van der Waals surface area contributed by atoms with Crippen LogP contribution in [0.1, 0.15) is 21.5 Å². The van der Waals surface area contributed by atoms with E-state index in [2.05, 4.69) is 10.0 Å². The summed E-state index contributed by atoms with van der Waals surface area (Å²) in [6, 6.07) is 13.1. The van der Waals surface area contributed by atoms with E-state index in [4.69, 9.17) is 30.5 Å². The minimum atomic E-state index is -4.08. The van der Waals surface area contributed by atoms with Crippen LogP contribution in [-0.2, 0) is 16.4 Å². The third kappa shape index (κ3) is 6.03. The van der Waals surface area contributed by atoms with Crippen LogP contribution in [0.5, 0.6) is 23.0 Å². The van der Waals surface area contributed by atoms with Gasteiger partial charge < -0.3 is 24.3 Å². The lowest BCUT2D eigenvalue weighted by atomic mass is 10.1. The Morgan fingerprint density at radius 2 is 1.70 bits per heavy atom. The first-order chi connectivity index (χ1) is 17.7. The number of ether oxygens (including phenoxy) is 4. The zero-order chi connectivity index (χ0) is 26.6. The average molecular weight is 547 g/mol. The summed E-state index contributed by atoms with van der Waals surface area (Å²) in [5, 5.41) is 3.05. The van der Waals surface area contributed by atoms with Gasteiger partial charge in [0, 0.05) is 18.2 Å². The largest absolute Gasteiger partial charge is 0.495 e. The lowest BCUT2D eigenvalue weighted by Crippen LogP contribution is -2.26. The van der Waals surface area contributed by atoms with E-state index < -0.39 is 10.0 Å². The molecule has 1 aliphatic heterocycles. The number of sulfonamides is 1. The van der Waals surface area contributed by atoms with Crippen LogP contribution in [-0.4, -0.2) is 48.3 Å². The standard InChI is InChI=1S/C26H27ClN2O7S/c1-16-4-6-18(26(30)28-9-8-17-5-7-21-24(12-17)36-11-10-35-21)13-25(16)37(31,32)29-20-14-19(27)22(33-2)15-23(20)34-3/h4-7,12-15,29H,8-11H2,1-3H3,(H,28,30). The van der Waals surface area contributed by atoms with Gasteiger partial charge in [-0.2, -0.15) is 0 Å². The molecule has 1 aliphatic rings. The Bertz CT molecular complexity index is 1430. The summed E-state index contributed by atoms with van der Waals surface area (Å²) in [6.07, 6.45) is 0.568. The maximum Gasteiger partial charge on any atom is 0.262 e. The smallest absolute Gasteiger partial charge is 0.262 e. The molecule has 0 saturated heterocycles. The highest BCUT2D eigenvalue weighted by Gasteiger charge is 2.22. The van der Waals surface area contributed by atoms with E-state index in [1.807, 2.05) is 18.2 Å². The molecule has 37 heavy (non-hydrogen) atoms. The predicted octanol–water partition coefficient (Wildman–Crippen LogP) is 4.21. The van der Waals surface area contributed by atoms with Crippen molar-refractivity contribution in [3.05, 3.63) is 70.2 Å². The first kappa shape index (κ1) is 26.4. The van der Waals surface area contributed by atoms with Crippen molar-refractivity contribution < 1.29 is 32.2 Å². The average Bonchev–Trinajstić information content (AvgIpc) is 2.88. The van der Waals surface area contributed by atoms with Crippen LogP contribution in [0.3, 0.4) is 0 Å². The summed E-state index contributed by atoms with van der Waals surface area (Å²) in [7, 11) is -1.23. The number of hydrogen-bond donors (Lipinski definition) is 2. The maximum absolute atomic E-state index is 13.3. The van der Waals surface area contributed by atoms with Crippen molar-refractivity contribution in [2.24, 2.45) is 0 Å². The van der Waals surface area contributed by atoms with E-state index in [0.717, 1.165) is 5.56 Å². The van der Waals surface area contributed by atoms with Crippen LogP contribution in [0, 0.1) is 6.92 Å². The number of amides is 1. The van der Waals surface area contributed by atoms with Gasteiger partial charge in [-0.05, 0) is 54.8 Å². The highest BCUT2D eigenvalue weighted by Crippen LogP contribution is 2.37. The fourth-order valence-electron chi connectivity index (χ4n) is 3.84. The summed E-state index contributed by atoms with van der Waals surface area (Å²) in [6.45, 7) is 3.02. The highest BCUT2D eigenvalue weighted by atomic mass is 35.5. The first-order valence-corrected chi connectivity index (χ1v) is 13.3. The van der Waals surface area contributed by atoms with Gasteiger partial charge in [-0.15, -0.1) is 0 Å². The second kappa shape index (κ2) is 11.2. The zero-order valence-electron chi connectivity index (χ0n) is 20.6. The van der Waals surface area contributed by atoms with Crippen molar-refractivity contribution >= 4 is 33.2 Å². The Balaban J connectivity index is 1.47. The summed E-state index contributed by atoms with van der Waals surface area (Å²) in [4.78, 5) is 12.8. The number of nitrogens with one attached hydrogen (secondary N) is 2. The highest BCUT2D eigenvalue weighted by molar-refractivity contribution is 7.92. The molecule has 3 aromatic rings. The lowest BCUT2D eigenvalue weighted by molar-refractivity contribution is 0.0954. The normalized spacial score (nSPS) is 12.5. The third-order valence-corrected chi connectivity index (χ3v) is 7.57. The van der Waals surface area contributed by atoms with Gasteiger partial charge in [0.2, 0.25) is 0 Å². The van der Waals surface area contributed by atoms with Gasteiger partial charge in [0.25, 0.3) is 15.9 Å². The summed E-state index contributed by atoms with van der Waals surface area (Å²) >= 11 is 6.18. The number of methoxy groups -OCH3 is 2. The maximum atomic E-state index is 13.3. The molecule has 11 heteroatoms. The van der Waals surface area contributed by atoms with Crippen molar-refractivity contribution in [1.29, 1.82) is 0 Å². The number of benzene rings is 3. The van der Waals surface area contributed by atoms with Crippen LogP contribution in [0.15, 0.2) is 53.4 Å². The van der Waals surface area contributed by atoms with Crippen molar-refractivity contribution in [2.75, 3.05) is 38.7 Å². The Labute approximate surface area is 220 Å². The van der Waals surface area contributed by atoms with Gasteiger partial charge >= 0.3 is 0 Å². The van der Waals surface area contributed by atoms with Crippen molar-refractivity contribution in [1.82, 2.24) is 5.32 Å². The molecule has 0 atom stereocenters. The third-order valence-electron chi connectivity index (χ3n) is 5.76. The van der Waals surface area contributed by atoms with E-state index in [0.29, 0.717) is 49.0 Å². The fourth-order valence-corrected chi connectivity index (χ4v) is 5.41. The summed E-state index contributed by atoms with van der Waals surface area (Å²) < 4.78 is 50.6. The molecule has 9 nitrogen and oxygen atoms in total. The monoisotopic (exact) mass is 546 g/mol. The molecule has 1 amide bonds. The molecule has 4 rings (SSSR count). The van der Waals surface area contributed by atoms with E-state index >= 15 is 0 Å². The summed E-state index contributed by atoms with van der Waals surface area (Å²) in [5.41, 5.74) is 1.81. The SMILES string of the molecule is COc1cc(OC)c(NS(=O)(=O)c2cc(C(=O)NCCc3ccc4c(c3)OCCO4)ccc2C)cc1Cl. The molecule has 2 N–H and O–H groups in total. The van der Waals surface area contributed by atoms with Gasteiger partial charge in [-0.1, -0.05) is 23.7 Å². The number of halogens is 1. The van der Waals surface area contributed by atoms with Gasteiger partial charge in [0.15, 0.2) is 11.5 Å². The van der Waals surface area contributed by atoms with E-state index in [9.17, 15) is 13.2 Å². The molecule has 0 aromatic heterocycles. The Kier molecular flexibility index (Phi) is 7.99. The van der Waals surface area contributed by atoms with Crippen LogP contribution >= 0.6 is 11.6 Å². The van der Waals surface area contributed by atoms with Gasteiger partial charge in [-0.25, -0.2) is 8.42 Å². The van der Waals surface area contributed by atoms with E-state index in [1.54, 1.807) is 19.1 Å². The van der Waals surface area contributed by atoms with Gasteiger partial charge in [0.1, 0.15) is 24.7 Å². The summed E-state index contributed by atoms with van der Waals surface area (Å²) in [5.74, 6) is 1.57. The molecule has 0 unspecified atom stereocenters. The Morgan fingerprint density at radius 3 is 2.43 bits per heavy atom. The van der Waals surface area contributed by atoms with Crippen molar-refractivity contribution in [3.63, 3.8) is 0 Å². The molecule has 196 valence electrons. The molecule has 0 radical (unpaired) electrons. The molecule has 0 bridgehead atoms. The van der Waals surface area contributed by atoms with Crippen LogP contribution in [0.4, 0.5) is 5.69 Å². The van der Waals surface area contributed by atoms with E-state index in [-0.39, 0.29) is 32.8 Å². The quantitative estimate of drug-likeness (QED) is 0.413. The minimum Gasteiger partial charge on any atom is -0.495 e. The number of carbonyl (C=O) groups excluding carboxylic acids is 1.